The highest BCUT2D eigenvalue weighted by molar-refractivity contribution is 7.10. The van der Waals surface area contributed by atoms with E-state index in [0.29, 0.717) is 42.7 Å². The lowest BCUT2D eigenvalue weighted by atomic mass is 9.97. The second-order valence-corrected chi connectivity index (χ2v) is 9.52. The van der Waals surface area contributed by atoms with Crippen molar-refractivity contribution in [1.82, 2.24) is 9.88 Å². The standard InChI is InChI=1S/C27H26F3N3O2S/c1-2-3-11-24(34)33-14-12-18(13-15-33)26-32-23(17-36-26)25(35)31-22-10-5-4-9-21(22)19-7-6-8-20(16-19)27(28,29)30/h2,4-10,16-18H,1,3,11-15H2,(H,31,35). The third-order valence-corrected chi connectivity index (χ3v) is 7.20. The van der Waals surface area contributed by atoms with E-state index in [0.717, 1.165) is 30.0 Å². The number of benzene rings is 2. The maximum Gasteiger partial charge on any atom is 0.416 e. The molecule has 188 valence electrons. The van der Waals surface area contributed by atoms with Crippen molar-refractivity contribution < 1.29 is 22.8 Å². The van der Waals surface area contributed by atoms with Crippen LogP contribution in [0.1, 0.15) is 52.7 Å². The molecule has 0 radical (unpaired) electrons. The number of piperidine rings is 1. The molecule has 1 aromatic heterocycles. The molecule has 36 heavy (non-hydrogen) atoms. The zero-order valence-electron chi connectivity index (χ0n) is 19.6. The Hall–Kier alpha value is -3.46. The number of likely N-dealkylation sites (tertiary alicyclic amines) is 1. The zero-order chi connectivity index (χ0) is 25.7. The molecule has 2 heterocycles. The summed E-state index contributed by atoms with van der Waals surface area (Å²) in [7, 11) is 0. The monoisotopic (exact) mass is 513 g/mol. The van der Waals surface area contributed by atoms with Crippen molar-refractivity contribution in [2.24, 2.45) is 0 Å². The Kier molecular flexibility index (Phi) is 7.88. The number of rotatable bonds is 7. The van der Waals surface area contributed by atoms with Gasteiger partial charge >= 0.3 is 6.18 Å². The van der Waals surface area contributed by atoms with Gasteiger partial charge in [0.2, 0.25) is 5.91 Å². The van der Waals surface area contributed by atoms with Gasteiger partial charge in [0, 0.05) is 42.1 Å². The number of anilines is 1. The van der Waals surface area contributed by atoms with Gasteiger partial charge in [-0.25, -0.2) is 4.98 Å². The highest BCUT2D eigenvalue weighted by Crippen LogP contribution is 2.35. The average molecular weight is 514 g/mol. The first-order valence-electron chi connectivity index (χ1n) is 11.7. The smallest absolute Gasteiger partial charge is 0.343 e. The molecule has 0 spiro atoms. The third kappa shape index (κ3) is 6.02. The van der Waals surface area contributed by atoms with Crippen LogP contribution in [0.25, 0.3) is 11.1 Å². The van der Waals surface area contributed by atoms with Gasteiger partial charge in [0.15, 0.2) is 0 Å². The van der Waals surface area contributed by atoms with Crippen LogP contribution in [0.5, 0.6) is 0 Å². The van der Waals surface area contributed by atoms with Crippen LogP contribution in [-0.2, 0) is 11.0 Å². The van der Waals surface area contributed by atoms with Crippen molar-refractivity contribution in [3.63, 3.8) is 0 Å². The summed E-state index contributed by atoms with van der Waals surface area (Å²) in [5.41, 5.74) is 0.759. The normalized spacial score (nSPS) is 14.5. The number of allylic oxidation sites excluding steroid dienone is 1. The minimum atomic E-state index is -4.46. The first kappa shape index (κ1) is 25.6. The van der Waals surface area contributed by atoms with E-state index in [9.17, 15) is 22.8 Å². The van der Waals surface area contributed by atoms with Gasteiger partial charge in [-0.05, 0) is 43.0 Å². The molecule has 1 aliphatic rings. The molecule has 5 nitrogen and oxygen atoms in total. The van der Waals surface area contributed by atoms with Crippen molar-refractivity contribution in [2.45, 2.75) is 37.8 Å². The molecule has 2 amide bonds. The minimum Gasteiger partial charge on any atom is -0.343 e. The third-order valence-electron chi connectivity index (χ3n) is 6.19. The summed E-state index contributed by atoms with van der Waals surface area (Å²) in [6.07, 6.45) is -0.0110. The molecule has 4 rings (SSSR count). The number of thiazole rings is 1. The minimum absolute atomic E-state index is 0.131. The number of aromatic nitrogens is 1. The Morgan fingerprint density at radius 1 is 1.14 bits per heavy atom. The number of alkyl halides is 3. The lowest BCUT2D eigenvalue weighted by Gasteiger charge is -2.31. The van der Waals surface area contributed by atoms with Crippen LogP contribution in [-0.4, -0.2) is 34.8 Å². The van der Waals surface area contributed by atoms with E-state index in [1.54, 1.807) is 41.8 Å². The largest absolute Gasteiger partial charge is 0.416 e. The predicted octanol–water partition coefficient (Wildman–Crippen LogP) is 6.75. The van der Waals surface area contributed by atoms with Gasteiger partial charge in [0.05, 0.1) is 10.6 Å². The number of hydrogen-bond donors (Lipinski definition) is 1. The van der Waals surface area contributed by atoms with Crippen molar-refractivity contribution in [3.8, 4) is 11.1 Å². The summed E-state index contributed by atoms with van der Waals surface area (Å²) in [4.78, 5) is 31.6. The van der Waals surface area contributed by atoms with Gasteiger partial charge in [-0.1, -0.05) is 36.4 Å². The molecular weight excluding hydrogens is 487 g/mol. The van der Waals surface area contributed by atoms with Gasteiger partial charge in [-0.2, -0.15) is 13.2 Å². The van der Waals surface area contributed by atoms with E-state index in [-0.39, 0.29) is 17.5 Å². The van der Waals surface area contributed by atoms with E-state index in [2.05, 4.69) is 16.9 Å². The quantitative estimate of drug-likeness (QED) is 0.355. The van der Waals surface area contributed by atoms with E-state index in [1.807, 2.05) is 4.90 Å². The molecule has 1 N–H and O–H groups in total. The Balaban J connectivity index is 1.43. The van der Waals surface area contributed by atoms with Crippen molar-refractivity contribution in [2.75, 3.05) is 18.4 Å². The first-order valence-corrected chi connectivity index (χ1v) is 12.6. The maximum atomic E-state index is 13.2. The topological polar surface area (TPSA) is 62.3 Å². The second-order valence-electron chi connectivity index (χ2n) is 8.63. The molecule has 9 heteroatoms. The first-order chi connectivity index (χ1) is 17.3. The fourth-order valence-electron chi connectivity index (χ4n) is 4.23. The zero-order valence-corrected chi connectivity index (χ0v) is 20.4. The molecule has 1 saturated heterocycles. The number of carbonyl (C=O) groups is 2. The van der Waals surface area contributed by atoms with Crippen LogP contribution < -0.4 is 5.32 Å². The summed E-state index contributed by atoms with van der Waals surface area (Å²) >= 11 is 1.41. The molecule has 1 fully saturated rings. The van der Waals surface area contributed by atoms with Gasteiger partial charge in [0.1, 0.15) is 5.69 Å². The van der Waals surface area contributed by atoms with E-state index in [4.69, 9.17) is 0 Å². The van der Waals surface area contributed by atoms with Gasteiger partial charge in [-0.15, -0.1) is 17.9 Å². The fraction of sp³-hybridized carbons (Fsp3) is 0.296. The lowest BCUT2D eigenvalue weighted by molar-refractivity contribution is -0.137. The van der Waals surface area contributed by atoms with Crippen LogP contribution >= 0.6 is 11.3 Å². The summed E-state index contributed by atoms with van der Waals surface area (Å²) in [6, 6.07) is 11.8. The molecule has 0 aliphatic carbocycles. The molecular formula is C27H26F3N3O2S. The van der Waals surface area contributed by atoms with Gasteiger partial charge in [-0.3, -0.25) is 9.59 Å². The van der Waals surface area contributed by atoms with Crippen LogP contribution in [0.15, 0.2) is 66.6 Å². The van der Waals surface area contributed by atoms with Crippen LogP contribution in [0, 0.1) is 0 Å². The molecule has 0 unspecified atom stereocenters. The number of amides is 2. The van der Waals surface area contributed by atoms with E-state index in [1.165, 1.54) is 17.4 Å². The number of para-hydroxylation sites is 1. The molecule has 3 aromatic rings. The summed E-state index contributed by atoms with van der Waals surface area (Å²) < 4.78 is 39.5. The molecule has 0 atom stereocenters. The summed E-state index contributed by atoms with van der Waals surface area (Å²) in [6.45, 7) is 4.97. The Morgan fingerprint density at radius 3 is 2.61 bits per heavy atom. The molecule has 0 bridgehead atoms. The Bertz CT molecular complexity index is 1250. The average Bonchev–Trinajstić information content (AvgIpc) is 3.38. The lowest BCUT2D eigenvalue weighted by Crippen LogP contribution is -2.37. The summed E-state index contributed by atoms with van der Waals surface area (Å²) in [5, 5.41) is 5.35. The number of nitrogens with zero attached hydrogens (tertiary/aromatic N) is 2. The summed E-state index contributed by atoms with van der Waals surface area (Å²) in [5.74, 6) is -0.113. The van der Waals surface area contributed by atoms with Gasteiger partial charge < -0.3 is 10.2 Å². The van der Waals surface area contributed by atoms with Crippen molar-refractivity contribution >= 4 is 28.8 Å². The Labute approximate surface area is 211 Å². The van der Waals surface area contributed by atoms with Gasteiger partial charge in [0.25, 0.3) is 5.91 Å². The SMILES string of the molecule is C=CCCC(=O)N1CCC(c2nc(C(=O)Nc3ccccc3-c3cccc(C(F)(F)F)c3)cs2)CC1. The number of hydrogen-bond acceptors (Lipinski definition) is 4. The highest BCUT2D eigenvalue weighted by Gasteiger charge is 2.31. The van der Waals surface area contributed by atoms with E-state index >= 15 is 0 Å². The molecule has 0 saturated carbocycles. The van der Waals surface area contributed by atoms with Crippen LogP contribution in [0.4, 0.5) is 18.9 Å². The number of carbonyl (C=O) groups excluding carboxylic acids is 2. The van der Waals surface area contributed by atoms with Crippen LogP contribution in [0.2, 0.25) is 0 Å². The van der Waals surface area contributed by atoms with E-state index < -0.39 is 17.6 Å². The number of halogens is 3. The van der Waals surface area contributed by atoms with Crippen LogP contribution in [0.3, 0.4) is 0 Å². The molecule has 2 aromatic carbocycles. The maximum absolute atomic E-state index is 13.2. The second kappa shape index (κ2) is 11.1. The fourth-order valence-corrected chi connectivity index (χ4v) is 5.20. The van der Waals surface area contributed by atoms with Crippen molar-refractivity contribution in [3.05, 3.63) is 82.8 Å². The van der Waals surface area contributed by atoms with Crippen molar-refractivity contribution in [1.29, 1.82) is 0 Å². The predicted molar refractivity (Wildman–Crippen MR) is 135 cm³/mol. The Morgan fingerprint density at radius 2 is 1.89 bits per heavy atom. The molecule has 1 aliphatic heterocycles. The highest BCUT2D eigenvalue weighted by atomic mass is 32.1. The number of nitrogens with one attached hydrogen (secondary N) is 1.